The molecule has 1 heterocycles. The summed E-state index contributed by atoms with van der Waals surface area (Å²) in [6, 6.07) is 13.7. The third-order valence-corrected chi connectivity index (χ3v) is 3.31. The molecule has 0 radical (unpaired) electrons. The molecule has 0 aliphatic rings. The largest absolute Gasteiger partial charge is 0.496 e. The van der Waals surface area contributed by atoms with E-state index in [1.807, 2.05) is 24.3 Å². The van der Waals surface area contributed by atoms with Crippen LogP contribution in [0.2, 0.25) is 0 Å². The Morgan fingerprint density at radius 1 is 1.08 bits per heavy atom. The van der Waals surface area contributed by atoms with Gasteiger partial charge in [-0.25, -0.2) is 4.39 Å². The highest BCUT2D eigenvalue weighted by Gasteiger charge is 2.04. The van der Waals surface area contributed by atoms with Gasteiger partial charge in [0.15, 0.2) is 5.82 Å². The fraction of sp³-hybridized carbons (Fsp3) is 0.118. The molecule has 122 valence electrons. The van der Waals surface area contributed by atoms with E-state index in [9.17, 15) is 4.39 Å². The van der Waals surface area contributed by atoms with Crippen molar-refractivity contribution in [3.8, 4) is 5.75 Å². The van der Waals surface area contributed by atoms with Crippen LogP contribution in [0, 0.1) is 5.82 Å². The molecule has 24 heavy (non-hydrogen) atoms. The summed E-state index contributed by atoms with van der Waals surface area (Å²) in [5, 5.41) is 14.0. The molecule has 7 heteroatoms. The van der Waals surface area contributed by atoms with E-state index in [1.54, 1.807) is 19.2 Å². The van der Waals surface area contributed by atoms with Crippen molar-refractivity contribution in [1.82, 2.24) is 15.2 Å². The number of halogens is 1. The Labute approximate surface area is 138 Å². The Balaban J connectivity index is 1.68. The molecular formula is C17H16FN5O. The maximum Gasteiger partial charge on any atom is 0.249 e. The first kappa shape index (κ1) is 15.7. The van der Waals surface area contributed by atoms with E-state index in [2.05, 4.69) is 25.8 Å². The van der Waals surface area contributed by atoms with Crippen molar-refractivity contribution in [1.29, 1.82) is 0 Å². The standard InChI is InChI=1S/C17H16FN5O/c1-24-15-5-3-2-4-12(15)10-19-16-11-20-23-17(22-16)21-14-8-6-13(18)7-9-14/h2-9,11H,10H2,1H3,(H2,19,21,22,23). The van der Waals surface area contributed by atoms with Crippen LogP contribution in [-0.2, 0) is 6.54 Å². The SMILES string of the molecule is COc1ccccc1CNc1cnnc(Nc2ccc(F)cc2)n1. The lowest BCUT2D eigenvalue weighted by Crippen LogP contribution is -2.06. The van der Waals surface area contributed by atoms with E-state index in [0.29, 0.717) is 24.0 Å². The highest BCUT2D eigenvalue weighted by molar-refractivity contribution is 5.53. The van der Waals surface area contributed by atoms with Gasteiger partial charge >= 0.3 is 0 Å². The van der Waals surface area contributed by atoms with Crippen molar-refractivity contribution in [3.05, 3.63) is 66.1 Å². The van der Waals surface area contributed by atoms with Crippen LogP contribution in [0.25, 0.3) is 0 Å². The zero-order chi connectivity index (χ0) is 16.8. The van der Waals surface area contributed by atoms with Crippen LogP contribution in [-0.4, -0.2) is 22.3 Å². The quantitative estimate of drug-likeness (QED) is 0.724. The summed E-state index contributed by atoms with van der Waals surface area (Å²) in [4.78, 5) is 4.33. The maximum absolute atomic E-state index is 12.9. The molecule has 2 aromatic carbocycles. The van der Waals surface area contributed by atoms with Crippen molar-refractivity contribution in [3.63, 3.8) is 0 Å². The van der Waals surface area contributed by atoms with Crippen LogP contribution < -0.4 is 15.4 Å². The second-order valence-corrected chi connectivity index (χ2v) is 4.96. The zero-order valence-electron chi connectivity index (χ0n) is 13.0. The molecule has 0 aliphatic carbocycles. The van der Waals surface area contributed by atoms with Gasteiger partial charge < -0.3 is 15.4 Å². The second-order valence-electron chi connectivity index (χ2n) is 4.96. The van der Waals surface area contributed by atoms with Gasteiger partial charge in [-0.05, 0) is 30.3 Å². The maximum atomic E-state index is 12.9. The molecular weight excluding hydrogens is 309 g/mol. The van der Waals surface area contributed by atoms with E-state index < -0.39 is 0 Å². The Morgan fingerprint density at radius 3 is 2.67 bits per heavy atom. The van der Waals surface area contributed by atoms with Gasteiger partial charge in [-0.15, -0.1) is 5.10 Å². The summed E-state index contributed by atoms with van der Waals surface area (Å²) < 4.78 is 18.2. The zero-order valence-corrected chi connectivity index (χ0v) is 13.0. The minimum atomic E-state index is -0.299. The molecule has 0 bridgehead atoms. The molecule has 0 unspecified atom stereocenters. The predicted molar refractivity (Wildman–Crippen MR) is 89.8 cm³/mol. The normalized spacial score (nSPS) is 10.2. The molecule has 0 atom stereocenters. The molecule has 2 N–H and O–H groups in total. The fourth-order valence-corrected chi connectivity index (χ4v) is 2.14. The number of nitrogens with zero attached hydrogens (tertiary/aromatic N) is 3. The van der Waals surface area contributed by atoms with Gasteiger partial charge in [-0.1, -0.05) is 18.2 Å². The molecule has 0 amide bonds. The highest BCUT2D eigenvalue weighted by Crippen LogP contribution is 2.19. The smallest absolute Gasteiger partial charge is 0.249 e. The van der Waals surface area contributed by atoms with Crippen LogP contribution in [0.5, 0.6) is 5.75 Å². The fourth-order valence-electron chi connectivity index (χ4n) is 2.14. The van der Waals surface area contributed by atoms with Gasteiger partial charge in [0.05, 0.1) is 13.3 Å². The third-order valence-electron chi connectivity index (χ3n) is 3.31. The molecule has 0 fully saturated rings. The first-order valence-electron chi connectivity index (χ1n) is 7.32. The van der Waals surface area contributed by atoms with Crippen molar-refractivity contribution in [2.75, 3.05) is 17.7 Å². The van der Waals surface area contributed by atoms with Gasteiger partial charge in [0.1, 0.15) is 11.6 Å². The average molecular weight is 325 g/mol. The van der Waals surface area contributed by atoms with Gasteiger partial charge in [0.2, 0.25) is 5.95 Å². The van der Waals surface area contributed by atoms with Crippen molar-refractivity contribution < 1.29 is 9.13 Å². The van der Waals surface area contributed by atoms with E-state index in [-0.39, 0.29) is 5.82 Å². The second kappa shape index (κ2) is 7.36. The van der Waals surface area contributed by atoms with Gasteiger partial charge in [0, 0.05) is 17.8 Å². The third kappa shape index (κ3) is 3.95. The first-order valence-corrected chi connectivity index (χ1v) is 7.32. The summed E-state index contributed by atoms with van der Waals surface area (Å²) in [7, 11) is 1.63. The van der Waals surface area contributed by atoms with Gasteiger partial charge in [-0.2, -0.15) is 10.1 Å². The number of hydrogen-bond donors (Lipinski definition) is 2. The lowest BCUT2D eigenvalue weighted by atomic mass is 10.2. The number of benzene rings is 2. The van der Waals surface area contributed by atoms with Crippen LogP contribution >= 0.6 is 0 Å². The van der Waals surface area contributed by atoms with Crippen LogP contribution in [0.1, 0.15) is 5.56 Å². The molecule has 3 aromatic rings. The summed E-state index contributed by atoms with van der Waals surface area (Å²) in [6.07, 6.45) is 1.53. The number of nitrogens with one attached hydrogen (secondary N) is 2. The van der Waals surface area contributed by atoms with Crippen LogP contribution in [0.4, 0.5) is 21.8 Å². The lowest BCUT2D eigenvalue weighted by Gasteiger charge is -2.10. The molecule has 0 saturated carbocycles. The van der Waals surface area contributed by atoms with E-state index in [4.69, 9.17) is 4.74 Å². The monoisotopic (exact) mass is 325 g/mol. The number of anilines is 3. The summed E-state index contributed by atoms with van der Waals surface area (Å²) >= 11 is 0. The van der Waals surface area contributed by atoms with Crippen LogP contribution in [0.3, 0.4) is 0 Å². The van der Waals surface area contributed by atoms with E-state index >= 15 is 0 Å². The summed E-state index contributed by atoms with van der Waals surface area (Å²) in [6.45, 7) is 0.540. The highest BCUT2D eigenvalue weighted by atomic mass is 19.1. The van der Waals surface area contributed by atoms with Crippen LogP contribution in [0.15, 0.2) is 54.7 Å². The van der Waals surface area contributed by atoms with E-state index in [0.717, 1.165) is 11.3 Å². The number of aromatic nitrogens is 3. The number of hydrogen-bond acceptors (Lipinski definition) is 6. The molecule has 3 rings (SSSR count). The Morgan fingerprint density at radius 2 is 1.88 bits per heavy atom. The Hall–Kier alpha value is -3.22. The van der Waals surface area contributed by atoms with Gasteiger partial charge in [0.25, 0.3) is 0 Å². The van der Waals surface area contributed by atoms with E-state index in [1.165, 1.54) is 18.3 Å². The number of methoxy groups -OCH3 is 1. The number of para-hydroxylation sites is 1. The summed E-state index contributed by atoms with van der Waals surface area (Å²) in [5.41, 5.74) is 1.69. The summed E-state index contributed by atoms with van der Waals surface area (Å²) in [5.74, 6) is 1.40. The molecule has 0 saturated heterocycles. The predicted octanol–water partition coefficient (Wildman–Crippen LogP) is 3.38. The minimum Gasteiger partial charge on any atom is -0.496 e. The Kier molecular flexibility index (Phi) is 4.81. The topological polar surface area (TPSA) is 72.0 Å². The molecule has 6 nitrogen and oxygen atoms in total. The van der Waals surface area contributed by atoms with Crippen molar-refractivity contribution in [2.45, 2.75) is 6.54 Å². The molecule has 1 aromatic heterocycles. The Bertz CT molecular complexity index is 810. The van der Waals surface area contributed by atoms with Crippen molar-refractivity contribution >= 4 is 17.5 Å². The lowest BCUT2D eigenvalue weighted by molar-refractivity contribution is 0.410. The average Bonchev–Trinajstić information content (AvgIpc) is 2.62. The first-order chi connectivity index (χ1) is 11.7. The number of rotatable bonds is 6. The van der Waals surface area contributed by atoms with Crippen molar-refractivity contribution in [2.24, 2.45) is 0 Å². The molecule has 0 spiro atoms. The van der Waals surface area contributed by atoms with Gasteiger partial charge in [-0.3, -0.25) is 0 Å². The molecule has 0 aliphatic heterocycles. The number of ether oxygens (including phenoxy) is 1. The minimum absolute atomic E-state index is 0.299.